The third-order valence-electron chi connectivity index (χ3n) is 4.29. The first-order valence-corrected chi connectivity index (χ1v) is 8.17. The van der Waals surface area contributed by atoms with Crippen LogP contribution in [0.4, 0.5) is 9.18 Å². The van der Waals surface area contributed by atoms with E-state index in [1.165, 1.54) is 12.1 Å². The zero-order valence-corrected chi connectivity index (χ0v) is 13.9. The normalized spacial score (nSPS) is 17.6. The smallest absolute Gasteiger partial charge is 0.317 e. The molecule has 1 N–H and O–H groups in total. The van der Waals surface area contributed by atoms with Crippen LogP contribution in [0.5, 0.6) is 0 Å². The summed E-state index contributed by atoms with van der Waals surface area (Å²) >= 11 is 0. The highest BCUT2D eigenvalue weighted by atomic mass is 19.1. The molecule has 1 aromatic rings. The van der Waals surface area contributed by atoms with E-state index in [1.54, 1.807) is 19.2 Å². The Hall–Kier alpha value is -1.66. The van der Waals surface area contributed by atoms with Crippen molar-refractivity contribution in [3.8, 4) is 0 Å². The van der Waals surface area contributed by atoms with Gasteiger partial charge < -0.3 is 19.9 Å². The van der Waals surface area contributed by atoms with Gasteiger partial charge in [0, 0.05) is 33.3 Å². The van der Waals surface area contributed by atoms with Gasteiger partial charge in [0.05, 0.1) is 6.10 Å². The first-order valence-electron chi connectivity index (χ1n) is 8.17. The maximum Gasteiger partial charge on any atom is 0.317 e. The molecule has 1 aliphatic rings. The van der Waals surface area contributed by atoms with Gasteiger partial charge in [-0.05, 0) is 37.2 Å². The third-order valence-corrected chi connectivity index (χ3v) is 4.29. The quantitative estimate of drug-likeness (QED) is 0.904. The first kappa shape index (κ1) is 17.7. The molecule has 0 unspecified atom stereocenters. The van der Waals surface area contributed by atoms with Crippen LogP contribution in [0, 0.1) is 5.82 Å². The molecule has 1 saturated heterocycles. The summed E-state index contributed by atoms with van der Waals surface area (Å²) in [6.07, 6.45) is 0.714. The fourth-order valence-corrected chi connectivity index (χ4v) is 2.80. The average Bonchev–Trinajstić information content (AvgIpc) is 2.82. The Bertz CT molecular complexity index is 495. The second kappa shape index (κ2) is 8.84. The van der Waals surface area contributed by atoms with Crippen LogP contribution in [0.2, 0.25) is 0 Å². The van der Waals surface area contributed by atoms with E-state index in [1.807, 2.05) is 4.90 Å². The van der Waals surface area contributed by atoms with Gasteiger partial charge in [-0.15, -0.1) is 0 Å². The van der Waals surface area contributed by atoms with Gasteiger partial charge >= 0.3 is 6.03 Å². The predicted octanol–water partition coefficient (Wildman–Crippen LogP) is 2.25. The number of halogens is 1. The number of methoxy groups -OCH3 is 1. The summed E-state index contributed by atoms with van der Waals surface area (Å²) in [5.41, 5.74) is 0.849. The van der Waals surface area contributed by atoms with Gasteiger partial charge in [0.1, 0.15) is 5.82 Å². The van der Waals surface area contributed by atoms with Gasteiger partial charge in [0.2, 0.25) is 0 Å². The lowest BCUT2D eigenvalue weighted by atomic mass is 10.1. The number of nitrogens with zero attached hydrogens (tertiary/aromatic N) is 2. The van der Waals surface area contributed by atoms with Crippen molar-refractivity contribution in [2.45, 2.75) is 19.4 Å². The number of hydrogen-bond acceptors (Lipinski definition) is 3. The van der Waals surface area contributed by atoms with Crippen molar-refractivity contribution in [1.29, 1.82) is 0 Å². The van der Waals surface area contributed by atoms with Crippen molar-refractivity contribution in [1.82, 2.24) is 15.1 Å². The van der Waals surface area contributed by atoms with Gasteiger partial charge in [-0.25, -0.2) is 9.18 Å². The monoisotopic (exact) mass is 323 g/mol. The van der Waals surface area contributed by atoms with Gasteiger partial charge in [-0.2, -0.15) is 0 Å². The summed E-state index contributed by atoms with van der Waals surface area (Å²) in [4.78, 5) is 16.5. The molecule has 2 amide bonds. The van der Waals surface area contributed by atoms with E-state index in [4.69, 9.17) is 4.74 Å². The number of amides is 2. The number of carbonyl (C=O) groups excluding carboxylic acids is 1. The van der Waals surface area contributed by atoms with Crippen molar-refractivity contribution in [3.63, 3.8) is 0 Å². The molecule has 23 heavy (non-hydrogen) atoms. The Balaban J connectivity index is 1.85. The number of likely N-dealkylation sites (N-methyl/N-ethyl adjacent to an activating group) is 1. The molecule has 1 atom stereocenters. The lowest BCUT2D eigenvalue weighted by Gasteiger charge is -2.23. The van der Waals surface area contributed by atoms with Gasteiger partial charge in [0.15, 0.2) is 0 Å². The van der Waals surface area contributed by atoms with Crippen LogP contribution in [0.3, 0.4) is 0 Å². The molecule has 0 spiro atoms. The fraction of sp³-hybridized carbons (Fsp3) is 0.588. The molecule has 1 fully saturated rings. The second-order valence-corrected chi connectivity index (χ2v) is 5.74. The Morgan fingerprint density at radius 1 is 1.26 bits per heavy atom. The highest BCUT2D eigenvalue weighted by molar-refractivity contribution is 5.74. The minimum Gasteiger partial charge on any atom is -0.375 e. The number of carbonyl (C=O) groups is 1. The lowest BCUT2D eigenvalue weighted by Crippen LogP contribution is -2.43. The van der Waals surface area contributed by atoms with Crippen LogP contribution in [0.25, 0.3) is 0 Å². The lowest BCUT2D eigenvalue weighted by molar-refractivity contribution is 0.101. The van der Waals surface area contributed by atoms with Crippen LogP contribution in [-0.2, 0) is 4.74 Å². The summed E-state index contributed by atoms with van der Waals surface area (Å²) in [5, 5.41) is 2.93. The van der Waals surface area contributed by atoms with Crippen LogP contribution < -0.4 is 5.32 Å². The van der Waals surface area contributed by atoms with Crippen molar-refractivity contribution in [2.75, 3.05) is 46.4 Å². The number of urea groups is 1. The molecule has 0 saturated carbocycles. The molecular weight excluding hydrogens is 297 g/mol. The largest absolute Gasteiger partial charge is 0.375 e. The summed E-state index contributed by atoms with van der Waals surface area (Å²) in [6, 6.07) is 6.10. The molecule has 0 radical (unpaired) electrons. The Kier molecular flexibility index (Phi) is 6.80. The maximum absolute atomic E-state index is 13.0. The summed E-state index contributed by atoms with van der Waals surface area (Å²) in [5.74, 6) is -0.280. The molecule has 6 heteroatoms. The highest BCUT2D eigenvalue weighted by Gasteiger charge is 2.19. The van der Waals surface area contributed by atoms with E-state index in [0.717, 1.165) is 44.7 Å². The number of ether oxygens (including phenoxy) is 1. The van der Waals surface area contributed by atoms with E-state index >= 15 is 0 Å². The topological polar surface area (TPSA) is 44.8 Å². The highest BCUT2D eigenvalue weighted by Crippen LogP contribution is 2.16. The SMILES string of the molecule is CCN1CCCN(C(=O)NC[C@@H](OC)c2ccc(F)cc2)CC1. The molecule has 5 nitrogen and oxygen atoms in total. The maximum atomic E-state index is 13.0. The zero-order valence-electron chi connectivity index (χ0n) is 13.9. The minimum atomic E-state index is -0.280. The third kappa shape index (κ3) is 5.18. The molecule has 0 aliphatic carbocycles. The summed E-state index contributed by atoms with van der Waals surface area (Å²) in [6.45, 7) is 7.00. The molecule has 1 aliphatic heterocycles. The van der Waals surface area contributed by atoms with Crippen LogP contribution in [0.15, 0.2) is 24.3 Å². The Labute approximate surface area is 137 Å². The minimum absolute atomic E-state index is 0.0629. The number of rotatable bonds is 5. The number of hydrogen-bond donors (Lipinski definition) is 1. The predicted molar refractivity (Wildman–Crippen MR) is 87.9 cm³/mol. The fourth-order valence-electron chi connectivity index (χ4n) is 2.80. The molecular formula is C17H26FN3O2. The molecule has 0 aromatic heterocycles. The van der Waals surface area contributed by atoms with Gasteiger partial charge in [-0.3, -0.25) is 0 Å². The molecule has 1 heterocycles. The Morgan fingerprint density at radius 2 is 2.00 bits per heavy atom. The van der Waals surface area contributed by atoms with Crippen LogP contribution >= 0.6 is 0 Å². The van der Waals surface area contributed by atoms with Crippen molar-refractivity contribution in [2.24, 2.45) is 0 Å². The van der Waals surface area contributed by atoms with E-state index in [-0.39, 0.29) is 18.0 Å². The van der Waals surface area contributed by atoms with Gasteiger partial charge in [0.25, 0.3) is 0 Å². The molecule has 0 bridgehead atoms. The van der Waals surface area contributed by atoms with E-state index in [0.29, 0.717) is 6.54 Å². The zero-order chi connectivity index (χ0) is 16.7. The van der Waals surface area contributed by atoms with Crippen molar-refractivity contribution in [3.05, 3.63) is 35.6 Å². The molecule has 128 valence electrons. The van der Waals surface area contributed by atoms with E-state index in [2.05, 4.69) is 17.1 Å². The van der Waals surface area contributed by atoms with E-state index in [9.17, 15) is 9.18 Å². The first-order chi connectivity index (χ1) is 11.1. The average molecular weight is 323 g/mol. The van der Waals surface area contributed by atoms with Crippen LogP contribution in [-0.4, -0.2) is 62.2 Å². The van der Waals surface area contributed by atoms with Crippen molar-refractivity contribution < 1.29 is 13.9 Å². The summed E-state index contributed by atoms with van der Waals surface area (Å²) < 4.78 is 18.4. The molecule has 1 aromatic carbocycles. The second-order valence-electron chi connectivity index (χ2n) is 5.74. The summed E-state index contributed by atoms with van der Waals surface area (Å²) in [7, 11) is 1.59. The van der Waals surface area contributed by atoms with Crippen molar-refractivity contribution >= 4 is 6.03 Å². The number of nitrogens with one attached hydrogen (secondary N) is 1. The number of benzene rings is 1. The van der Waals surface area contributed by atoms with E-state index < -0.39 is 0 Å². The molecule has 2 rings (SSSR count). The Morgan fingerprint density at radius 3 is 2.65 bits per heavy atom. The standard InChI is InChI=1S/C17H26FN3O2/c1-3-20-9-4-10-21(12-11-20)17(22)19-13-16(23-2)14-5-7-15(18)8-6-14/h5-8,16H,3-4,9-13H2,1-2H3,(H,19,22)/t16-/m1/s1. The van der Waals surface area contributed by atoms with Gasteiger partial charge in [-0.1, -0.05) is 19.1 Å². The van der Waals surface area contributed by atoms with Crippen LogP contribution in [0.1, 0.15) is 25.0 Å².